The molecular weight excluding hydrogens is 430 g/mol. The summed E-state index contributed by atoms with van der Waals surface area (Å²) in [4.78, 5) is 38.2. The van der Waals surface area contributed by atoms with Gasteiger partial charge in [0.15, 0.2) is 0 Å². The van der Waals surface area contributed by atoms with Gasteiger partial charge in [0.2, 0.25) is 11.8 Å². The second-order valence-electron chi connectivity index (χ2n) is 8.00. The van der Waals surface area contributed by atoms with E-state index in [1.165, 1.54) is 24.7 Å². The lowest BCUT2D eigenvalue weighted by Crippen LogP contribution is -2.62. The first-order valence-corrected chi connectivity index (χ1v) is 10.4. The highest BCUT2D eigenvalue weighted by Gasteiger charge is 2.44. The molecule has 33 heavy (non-hydrogen) atoms. The van der Waals surface area contributed by atoms with Crippen LogP contribution in [0.5, 0.6) is 5.75 Å². The summed E-state index contributed by atoms with van der Waals surface area (Å²) >= 11 is 0. The number of methoxy groups -OCH3 is 1. The molecule has 10 heteroatoms. The fourth-order valence-electron chi connectivity index (χ4n) is 4.14. The Balaban J connectivity index is 1.90. The number of carbonyl (C=O) groups excluding carboxylic acids is 3. The van der Waals surface area contributed by atoms with Crippen LogP contribution in [0.15, 0.2) is 48.5 Å². The van der Waals surface area contributed by atoms with Crippen molar-refractivity contribution >= 4 is 17.7 Å². The van der Waals surface area contributed by atoms with Crippen LogP contribution in [0.2, 0.25) is 0 Å². The molecule has 0 aromatic heterocycles. The van der Waals surface area contributed by atoms with Crippen LogP contribution in [0.3, 0.4) is 0 Å². The highest BCUT2D eigenvalue weighted by molar-refractivity contribution is 5.96. The number of amides is 3. The zero-order valence-corrected chi connectivity index (χ0v) is 18.1. The number of aliphatic hydroxyl groups excluding tert-OH is 1. The molecule has 1 unspecified atom stereocenters. The molecule has 1 aliphatic carbocycles. The van der Waals surface area contributed by atoms with Crippen LogP contribution in [0.4, 0.5) is 0 Å². The first kappa shape index (κ1) is 24.2. The predicted molar refractivity (Wildman–Crippen MR) is 116 cm³/mol. The second-order valence-corrected chi connectivity index (χ2v) is 8.00. The number of aliphatic hydroxyl groups is 1. The van der Waals surface area contributed by atoms with E-state index in [4.69, 9.17) is 4.74 Å². The van der Waals surface area contributed by atoms with E-state index in [0.717, 1.165) is 11.1 Å². The lowest BCUT2D eigenvalue weighted by atomic mass is 9.85. The topological polar surface area (TPSA) is 157 Å². The number of para-hydroxylation sites is 1. The number of hydrogen-bond donors (Lipinski definition) is 6. The number of carbonyl (C=O) groups is 3. The van der Waals surface area contributed by atoms with Crippen LogP contribution in [-0.4, -0.2) is 58.5 Å². The predicted octanol–water partition coefficient (Wildman–Crippen LogP) is 0.106. The second kappa shape index (κ2) is 10.4. The molecule has 0 aliphatic heterocycles. The van der Waals surface area contributed by atoms with Crippen LogP contribution in [0.1, 0.15) is 29.2 Å². The molecular formula is C23H27N3O7. The number of hydroxylamine groups is 1. The van der Waals surface area contributed by atoms with E-state index in [1.54, 1.807) is 24.3 Å². The van der Waals surface area contributed by atoms with Gasteiger partial charge in [0.1, 0.15) is 17.9 Å². The number of fused-ring (bicyclic) bond motifs is 1. The van der Waals surface area contributed by atoms with Gasteiger partial charge in [-0.1, -0.05) is 42.5 Å². The highest BCUT2D eigenvalue weighted by Crippen LogP contribution is 2.32. The fraction of sp³-hybridized carbons (Fsp3) is 0.348. The first-order valence-electron chi connectivity index (χ1n) is 10.4. The molecule has 2 aromatic carbocycles. The van der Waals surface area contributed by atoms with Crippen molar-refractivity contribution in [3.05, 3.63) is 65.2 Å². The standard InChI is InChI=1S/C23H27N3O7/c1-33-13-20(30)25-23(22(31)26-32,11-15-7-3-5-9-17(15)27)12-19(29)24-21-16-8-4-2-6-14(16)10-18(21)28/h2-9,18,21,27-28,32H,10-13H2,1H3,(H,24,29)(H,25,30)(H,26,31)/t18-,21?,23+/m1/s1. The minimum Gasteiger partial charge on any atom is -0.508 e. The third-order valence-corrected chi connectivity index (χ3v) is 5.66. The van der Waals surface area contributed by atoms with E-state index in [2.05, 4.69) is 10.6 Å². The Labute approximate surface area is 190 Å². The molecule has 3 rings (SSSR count). The molecule has 1 aliphatic rings. The number of rotatable bonds is 9. The number of ether oxygens (including phenoxy) is 1. The monoisotopic (exact) mass is 457 g/mol. The SMILES string of the molecule is COCC(=O)N[C@](CC(=O)NC1c2ccccc2C[C@H]1O)(Cc1ccccc1O)C(=O)NO. The van der Waals surface area contributed by atoms with E-state index in [-0.39, 0.29) is 17.7 Å². The first-order chi connectivity index (χ1) is 15.8. The molecule has 0 spiro atoms. The lowest BCUT2D eigenvalue weighted by molar-refractivity contribution is -0.143. The van der Waals surface area contributed by atoms with Crippen molar-refractivity contribution in [3.8, 4) is 5.75 Å². The maximum Gasteiger partial charge on any atom is 0.269 e. The van der Waals surface area contributed by atoms with Gasteiger partial charge in [0.25, 0.3) is 5.91 Å². The Morgan fingerprint density at radius 1 is 1.09 bits per heavy atom. The smallest absolute Gasteiger partial charge is 0.269 e. The minimum absolute atomic E-state index is 0.144. The molecule has 3 amide bonds. The van der Waals surface area contributed by atoms with E-state index >= 15 is 0 Å². The molecule has 0 bridgehead atoms. The Morgan fingerprint density at radius 3 is 2.48 bits per heavy atom. The summed E-state index contributed by atoms with van der Waals surface area (Å²) in [6, 6.07) is 12.7. The van der Waals surface area contributed by atoms with Crippen LogP contribution < -0.4 is 16.1 Å². The zero-order valence-electron chi connectivity index (χ0n) is 18.1. The minimum atomic E-state index is -1.95. The van der Waals surface area contributed by atoms with Gasteiger partial charge in [-0.15, -0.1) is 0 Å². The third kappa shape index (κ3) is 5.48. The summed E-state index contributed by atoms with van der Waals surface area (Å²) in [7, 11) is 1.29. The van der Waals surface area contributed by atoms with E-state index in [1.807, 2.05) is 12.1 Å². The Bertz CT molecular complexity index is 1030. The number of nitrogens with one attached hydrogen (secondary N) is 3. The van der Waals surface area contributed by atoms with Gasteiger partial charge in [-0.25, -0.2) is 5.48 Å². The molecule has 6 N–H and O–H groups in total. The van der Waals surface area contributed by atoms with Crippen molar-refractivity contribution in [2.75, 3.05) is 13.7 Å². The van der Waals surface area contributed by atoms with Crippen LogP contribution >= 0.6 is 0 Å². The van der Waals surface area contributed by atoms with Crippen molar-refractivity contribution in [2.45, 2.75) is 36.9 Å². The molecule has 0 saturated heterocycles. The number of phenols is 1. The van der Waals surface area contributed by atoms with E-state index < -0.39 is 48.4 Å². The average Bonchev–Trinajstić information content (AvgIpc) is 3.09. The summed E-state index contributed by atoms with van der Waals surface area (Å²) in [5.41, 5.74) is 1.50. The normalized spacial score (nSPS) is 18.6. The molecule has 0 radical (unpaired) electrons. The number of hydrogen-bond acceptors (Lipinski definition) is 7. The maximum absolute atomic E-state index is 13.1. The zero-order chi connectivity index (χ0) is 24.0. The van der Waals surface area contributed by atoms with Crippen molar-refractivity contribution in [3.63, 3.8) is 0 Å². The van der Waals surface area contributed by atoms with E-state index in [9.17, 15) is 29.8 Å². The van der Waals surface area contributed by atoms with Crippen LogP contribution in [-0.2, 0) is 32.0 Å². The van der Waals surface area contributed by atoms with E-state index in [0.29, 0.717) is 6.42 Å². The number of benzene rings is 2. The van der Waals surface area contributed by atoms with Crippen molar-refractivity contribution in [2.24, 2.45) is 0 Å². The molecule has 10 nitrogen and oxygen atoms in total. The number of phenolic OH excluding ortho intramolecular Hbond substituents is 1. The molecule has 0 fully saturated rings. The summed E-state index contributed by atoms with van der Waals surface area (Å²) in [6.07, 6.45) is -1.35. The summed E-state index contributed by atoms with van der Waals surface area (Å²) in [5.74, 6) is -2.53. The Kier molecular flexibility index (Phi) is 7.64. The van der Waals surface area contributed by atoms with Crippen LogP contribution in [0, 0.1) is 0 Å². The van der Waals surface area contributed by atoms with Gasteiger partial charge in [0, 0.05) is 20.0 Å². The van der Waals surface area contributed by atoms with Gasteiger partial charge in [-0.3, -0.25) is 19.6 Å². The lowest BCUT2D eigenvalue weighted by Gasteiger charge is -2.33. The highest BCUT2D eigenvalue weighted by atomic mass is 16.5. The fourth-order valence-corrected chi connectivity index (χ4v) is 4.14. The summed E-state index contributed by atoms with van der Waals surface area (Å²) < 4.78 is 4.81. The molecule has 0 saturated carbocycles. The maximum atomic E-state index is 13.1. The summed E-state index contributed by atoms with van der Waals surface area (Å²) in [6.45, 7) is -0.391. The Hall–Kier alpha value is -3.47. The summed E-state index contributed by atoms with van der Waals surface area (Å²) in [5, 5.41) is 35.3. The third-order valence-electron chi connectivity index (χ3n) is 5.66. The Morgan fingerprint density at radius 2 is 1.79 bits per heavy atom. The molecule has 3 atom stereocenters. The average molecular weight is 457 g/mol. The molecule has 176 valence electrons. The van der Waals surface area contributed by atoms with Gasteiger partial charge >= 0.3 is 0 Å². The van der Waals surface area contributed by atoms with Crippen molar-refractivity contribution in [1.29, 1.82) is 0 Å². The van der Waals surface area contributed by atoms with Gasteiger partial charge < -0.3 is 25.6 Å². The molecule has 2 aromatic rings. The quantitative estimate of drug-likeness (QED) is 0.230. The number of aromatic hydroxyl groups is 1. The van der Waals surface area contributed by atoms with Crippen molar-refractivity contribution < 1.29 is 34.5 Å². The van der Waals surface area contributed by atoms with Gasteiger partial charge in [0.05, 0.1) is 18.6 Å². The van der Waals surface area contributed by atoms with Gasteiger partial charge in [-0.05, 0) is 22.8 Å². The van der Waals surface area contributed by atoms with Crippen molar-refractivity contribution in [1.82, 2.24) is 16.1 Å². The largest absolute Gasteiger partial charge is 0.508 e. The van der Waals surface area contributed by atoms with Crippen LogP contribution in [0.25, 0.3) is 0 Å². The van der Waals surface area contributed by atoms with Gasteiger partial charge in [-0.2, -0.15) is 0 Å². The molecule has 0 heterocycles.